The van der Waals surface area contributed by atoms with Crippen molar-refractivity contribution in [2.24, 2.45) is 17.2 Å². The molecule has 0 aromatic heterocycles. The van der Waals surface area contributed by atoms with Gasteiger partial charge in [-0.1, -0.05) is 30.3 Å². The Morgan fingerprint density at radius 1 is 0.818 bits per heavy atom. The van der Waals surface area contributed by atoms with Crippen molar-refractivity contribution in [2.45, 2.75) is 50.4 Å². The first-order chi connectivity index (χ1) is 15.4. The van der Waals surface area contributed by atoms with Crippen LogP contribution in [0.1, 0.15) is 25.3 Å². The lowest BCUT2D eigenvalue weighted by molar-refractivity contribution is -0.142. The van der Waals surface area contributed by atoms with Crippen LogP contribution in [0.3, 0.4) is 0 Å². The Bertz CT molecular complexity index is 892. The van der Waals surface area contributed by atoms with Gasteiger partial charge in [-0.2, -0.15) is 0 Å². The minimum Gasteiger partial charge on any atom is -0.480 e. The van der Waals surface area contributed by atoms with E-state index in [2.05, 4.69) is 16.0 Å². The van der Waals surface area contributed by atoms with Crippen molar-refractivity contribution >= 4 is 35.5 Å². The Morgan fingerprint density at radius 2 is 1.36 bits per heavy atom. The highest BCUT2D eigenvalue weighted by molar-refractivity contribution is 5.96. The zero-order chi connectivity index (χ0) is 25.1. The standard InChI is InChI=1S/C20H28N6O7/c1-10(24-18(30)12(21)8-15(22)27)17(29)25-13(9-16(23)28)19(31)26-14(20(32)33)7-11-5-3-2-4-6-11/h2-6,10,12-14H,7-9,21H2,1H3,(H2,22,27)(H2,23,28)(H,24,30)(H,25,29)(H,26,31)(H,32,33). The molecule has 0 aliphatic heterocycles. The van der Waals surface area contributed by atoms with E-state index in [-0.39, 0.29) is 6.42 Å². The number of carbonyl (C=O) groups excluding carboxylic acids is 5. The Morgan fingerprint density at radius 3 is 1.88 bits per heavy atom. The van der Waals surface area contributed by atoms with E-state index in [1.54, 1.807) is 30.3 Å². The molecule has 4 unspecified atom stereocenters. The summed E-state index contributed by atoms with van der Waals surface area (Å²) >= 11 is 0. The summed E-state index contributed by atoms with van der Waals surface area (Å²) in [5.74, 6) is -5.70. The highest BCUT2D eigenvalue weighted by Gasteiger charge is 2.30. The second-order valence-electron chi connectivity index (χ2n) is 7.33. The second-order valence-corrected chi connectivity index (χ2v) is 7.33. The largest absolute Gasteiger partial charge is 0.480 e. The molecule has 10 N–H and O–H groups in total. The zero-order valence-corrected chi connectivity index (χ0v) is 17.9. The maximum Gasteiger partial charge on any atom is 0.326 e. The second kappa shape index (κ2) is 12.8. The average Bonchev–Trinajstić information content (AvgIpc) is 2.72. The Balaban J connectivity index is 2.84. The number of hydrogen-bond donors (Lipinski definition) is 7. The van der Waals surface area contributed by atoms with Crippen LogP contribution < -0.4 is 33.2 Å². The molecule has 4 atom stereocenters. The molecule has 0 aliphatic carbocycles. The number of carboxylic acids is 1. The third-order valence-electron chi connectivity index (χ3n) is 4.45. The van der Waals surface area contributed by atoms with Crippen molar-refractivity contribution < 1.29 is 33.9 Å². The first-order valence-electron chi connectivity index (χ1n) is 9.90. The molecule has 180 valence electrons. The van der Waals surface area contributed by atoms with Gasteiger partial charge in [0.1, 0.15) is 18.1 Å². The first-order valence-corrected chi connectivity index (χ1v) is 9.90. The molecule has 33 heavy (non-hydrogen) atoms. The normalized spacial score (nSPS) is 14.1. The molecule has 0 saturated heterocycles. The van der Waals surface area contributed by atoms with Crippen molar-refractivity contribution in [3.8, 4) is 0 Å². The van der Waals surface area contributed by atoms with E-state index in [0.29, 0.717) is 5.56 Å². The van der Waals surface area contributed by atoms with E-state index in [9.17, 15) is 33.9 Å². The van der Waals surface area contributed by atoms with Crippen molar-refractivity contribution in [3.05, 3.63) is 35.9 Å². The molecule has 13 nitrogen and oxygen atoms in total. The summed E-state index contributed by atoms with van der Waals surface area (Å²) in [6.07, 6.45) is -1.09. The molecule has 0 radical (unpaired) electrons. The number of carbonyl (C=O) groups is 6. The lowest BCUT2D eigenvalue weighted by atomic mass is 10.0. The monoisotopic (exact) mass is 464 g/mol. The van der Waals surface area contributed by atoms with Crippen LogP contribution in [0.15, 0.2) is 30.3 Å². The Kier molecular flexibility index (Phi) is 10.5. The van der Waals surface area contributed by atoms with Crippen LogP contribution in [0.5, 0.6) is 0 Å². The quantitative estimate of drug-likeness (QED) is 0.157. The summed E-state index contributed by atoms with van der Waals surface area (Å²) in [5.41, 5.74) is 16.3. The summed E-state index contributed by atoms with van der Waals surface area (Å²) in [6, 6.07) is 3.19. The number of aliphatic carboxylic acids is 1. The van der Waals surface area contributed by atoms with Gasteiger partial charge in [0.15, 0.2) is 0 Å². The number of hydrogen-bond acceptors (Lipinski definition) is 7. The number of primary amides is 2. The molecule has 0 saturated carbocycles. The molecular weight excluding hydrogens is 436 g/mol. The molecule has 1 aromatic carbocycles. The zero-order valence-electron chi connectivity index (χ0n) is 17.9. The lowest BCUT2D eigenvalue weighted by Crippen LogP contribution is -2.57. The van der Waals surface area contributed by atoms with Crippen molar-refractivity contribution in [1.82, 2.24) is 16.0 Å². The number of nitrogens with two attached hydrogens (primary N) is 3. The molecule has 13 heteroatoms. The van der Waals surface area contributed by atoms with Crippen molar-refractivity contribution in [2.75, 3.05) is 0 Å². The summed E-state index contributed by atoms with van der Waals surface area (Å²) in [4.78, 5) is 70.8. The van der Waals surface area contributed by atoms with Crippen LogP contribution in [0.2, 0.25) is 0 Å². The van der Waals surface area contributed by atoms with Gasteiger partial charge in [0.2, 0.25) is 29.5 Å². The number of benzene rings is 1. The minimum atomic E-state index is -1.49. The van der Waals surface area contributed by atoms with Gasteiger partial charge in [0, 0.05) is 6.42 Å². The molecule has 1 rings (SSSR count). The Hall–Kier alpha value is -4.00. The molecule has 0 heterocycles. The van der Waals surface area contributed by atoms with E-state index in [0.717, 1.165) is 0 Å². The van der Waals surface area contributed by atoms with E-state index in [1.807, 2.05) is 0 Å². The predicted molar refractivity (Wildman–Crippen MR) is 115 cm³/mol. The van der Waals surface area contributed by atoms with Crippen molar-refractivity contribution in [3.63, 3.8) is 0 Å². The number of rotatable bonds is 13. The highest BCUT2D eigenvalue weighted by Crippen LogP contribution is 2.05. The van der Waals surface area contributed by atoms with Gasteiger partial charge in [0.05, 0.1) is 18.9 Å². The Labute approximate surface area is 189 Å². The topological polar surface area (TPSA) is 237 Å². The predicted octanol–water partition coefficient (Wildman–Crippen LogP) is -3.13. The first kappa shape index (κ1) is 27.0. The van der Waals surface area contributed by atoms with Crippen LogP contribution in [-0.2, 0) is 35.2 Å². The van der Waals surface area contributed by atoms with Crippen LogP contribution in [0.4, 0.5) is 0 Å². The van der Waals surface area contributed by atoms with Gasteiger partial charge in [-0.05, 0) is 12.5 Å². The summed E-state index contributed by atoms with van der Waals surface area (Å²) < 4.78 is 0. The molecule has 1 aromatic rings. The molecule has 0 spiro atoms. The summed E-state index contributed by atoms with van der Waals surface area (Å²) in [5, 5.41) is 16.2. The van der Waals surface area contributed by atoms with Gasteiger partial charge < -0.3 is 38.3 Å². The third kappa shape index (κ3) is 9.78. The third-order valence-corrected chi connectivity index (χ3v) is 4.45. The van der Waals surface area contributed by atoms with Crippen LogP contribution in [-0.4, -0.2) is 64.8 Å². The van der Waals surface area contributed by atoms with Gasteiger partial charge in [0.25, 0.3) is 0 Å². The fourth-order valence-corrected chi connectivity index (χ4v) is 2.72. The molecule has 0 aliphatic rings. The van der Waals surface area contributed by atoms with Crippen molar-refractivity contribution in [1.29, 1.82) is 0 Å². The number of carboxylic acid groups (broad SMARTS) is 1. The fraction of sp³-hybridized carbons (Fsp3) is 0.400. The SMILES string of the molecule is CC(NC(=O)C(N)CC(N)=O)C(=O)NC(CC(N)=O)C(=O)NC(Cc1ccccc1)C(=O)O. The van der Waals surface area contributed by atoms with Gasteiger partial charge >= 0.3 is 5.97 Å². The van der Waals surface area contributed by atoms with Crippen LogP contribution >= 0.6 is 0 Å². The maximum absolute atomic E-state index is 12.6. The van der Waals surface area contributed by atoms with Gasteiger partial charge in [-0.3, -0.25) is 24.0 Å². The van der Waals surface area contributed by atoms with E-state index in [4.69, 9.17) is 17.2 Å². The highest BCUT2D eigenvalue weighted by atomic mass is 16.4. The van der Waals surface area contributed by atoms with Gasteiger partial charge in [-0.25, -0.2) is 4.79 Å². The van der Waals surface area contributed by atoms with E-state index >= 15 is 0 Å². The lowest BCUT2D eigenvalue weighted by Gasteiger charge is -2.23. The number of amides is 5. The van der Waals surface area contributed by atoms with E-state index in [1.165, 1.54) is 6.92 Å². The van der Waals surface area contributed by atoms with Crippen LogP contribution in [0.25, 0.3) is 0 Å². The minimum absolute atomic E-state index is 0.0383. The summed E-state index contributed by atoms with van der Waals surface area (Å²) in [6.45, 7) is 1.28. The molecule has 0 bridgehead atoms. The van der Waals surface area contributed by atoms with Gasteiger partial charge in [-0.15, -0.1) is 0 Å². The smallest absolute Gasteiger partial charge is 0.326 e. The van der Waals surface area contributed by atoms with Crippen LogP contribution in [0, 0.1) is 0 Å². The molecular formula is C20H28N6O7. The fourth-order valence-electron chi connectivity index (χ4n) is 2.72. The molecule has 0 fully saturated rings. The maximum atomic E-state index is 12.6. The van der Waals surface area contributed by atoms with E-state index < -0.39 is 72.5 Å². The average molecular weight is 464 g/mol. The number of nitrogens with one attached hydrogen (secondary N) is 3. The summed E-state index contributed by atoms with van der Waals surface area (Å²) in [7, 11) is 0. The molecule has 5 amide bonds.